The van der Waals surface area contributed by atoms with Gasteiger partial charge in [-0.3, -0.25) is 4.79 Å². The summed E-state index contributed by atoms with van der Waals surface area (Å²) in [6.45, 7) is 3.98. The number of carboxylic acids is 1. The average molecular weight is 315 g/mol. The van der Waals surface area contributed by atoms with E-state index in [1.54, 1.807) is 0 Å². The highest BCUT2D eigenvalue weighted by molar-refractivity contribution is 9.10. The van der Waals surface area contributed by atoms with Gasteiger partial charge in [-0.25, -0.2) is 4.79 Å². The Bertz CT molecular complexity index is 451. The fraction of sp³-hybridized carbons (Fsp3) is 0.333. The minimum absolute atomic E-state index is 0.0915. The van der Waals surface area contributed by atoms with Crippen molar-refractivity contribution in [1.82, 2.24) is 5.32 Å². The number of amides is 2. The molecule has 1 rings (SSSR count). The van der Waals surface area contributed by atoms with Gasteiger partial charge in [-0.1, -0.05) is 15.9 Å². The van der Waals surface area contributed by atoms with E-state index < -0.39 is 12.0 Å². The molecule has 0 unspecified atom stereocenters. The third-order valence-electron chi connectivity index (χ3n) is 2.32. The topological polar surface area (TPSA) is 78.4 Å². The Morgan fingerprint density at radius 2 is 1.83 bits per heavy atom. The van der Waals surface area contributed by atoms with Crippen LogP contribution in [0.3, 0.4) is 0 Å². The number of hydrogen-bond acceptors (Lipinski definition) is 2. The van der Waals surface area contributed by atoms with Gasteiger partial charge in [-0.05, 0) is 37.1 Å². The van der Waals surface area contributed by atoms with Crippen LogP contribution in [0.1, 0.15) is 17.5 Å². The van der Waals surface area contributed by atoms with Crippen molar-refractivity contribution in [3.63, 3.8) is 0 Å². The molecule has 0 aliphatic heterocycles. The van der Waals surface area contributed by atoms with Crippen molar-refractivity contribution in [3.05, 3.63) is 27.7 Å². The van der Waals surface area contributed by atoms with E-state index in [1.807, 2.05) is 26.0 Å². The average Bonchev–Trinajstić information content (AvgIpc) is 2.25. The van der Waals surface area contributed by atoms with E-state index in [1.165, 1.54) is 0 Å². The summed E-state index contributed by atoms with van der Waals surface area (Å²) in [4.78, 5) is 21.8. The zero-order valence-electron chi connectivity index (χ0n) is 10.2. The van der Waals surface area contributed by atoms with Gasteiger partial charge in [0, 0.05) is 16.7 Å². The van der Waals surface area contributed by atoms with Crippen molar-refractivity contribution in [2.75, 3.05) is 11.9 Å². The van der Waals surface area contributed by atoms with Crippen LogP contribution in [-0.4, -0.2) is 23.7 Å². The van der Waals surface area contributed by atoms with Crippen LogP contribution in [0.2, 0.25) is 0 Å². The number of hydrogen-bond donors (Lipinski definition) is 3. The van der Waals surface area contributed by atoms with Gasteiger partial charge in [-0.15, -0.1) is 0 Å². The van der Waals surface area contributed by atoms with Crippen LogP contribution in [0.25, 0.3) is 0 Å². The molecule has 0 saturated heterocycles. The van der Waals surface area contributed by atoms with Crippen LogP contribution in [0.4, 0.5) is 10.5 Å². The number of urea groups is 1. The number of carboxylic acid groups (broad SMARTS) is 1. The minimum Gasteiger partial charge on any atom is -0.481 e. The molecule has 0 aliphatic rings. The normalized spacial score (nSPS) is 9.94. The second-order valence-electron chi connectivity index (χ2n) is 3.95. The van der Waals surface area contributed by atoms with E-state index in [2.05, 4.69) is 26.6 Å². The Balaban J connectivity index is 2.57. The highest BCUT2D eigenvalue weighted by Crippen LogP contribution is 2.24. The molecule has 2 amide bonds. The summed E-state index contributed by atoms with van der Waals surface area (Å²) in [5.41, 5.74) is 2.73. The van der Waals surface area contributed by atoms with Gasteiger partial charge in [0.05, 0.1) is 6.42 Å². The Kier molecular flexibility index (Phi) is 5.15. The Morgan fingerprint density at radius 1 is 1.28 bits per heavy atom. The van der Waals surface area contributed by atoms with Crippen LogP contribution in [0.5, 0.6) is 0 Å². The first kappa shape index (κ1) is 14.5. The Morgan fingerprint density at radius 3 is 2.33 bits per heavy atom. The van der Waals surface area contributed by atoms with E-state index in [-0.39, 0.29) is 13.0 Å². The number of benzene rings is 1. The van der Waals surface area contributed by atoms with Crippen LogP contribution in [-0.2, 0) is 4.79 Å². The highest BCUT2D eigenvalue weighted by Gasteiger charge is 2.06. The van der Waals surface area contributed by atoms with Gasteiger partial charge < -0.3 is 15.7 Å². The molecular formula is C12H15BrN2O3. The van der Waals surface area contributed by atoms with Crippen molar-refractivity contribution in [3.8, 4) is 0 Å². The summed E-state index contributed by atoms with van der Waals surface area (Å²) >= 11 is 3.44. The zero-order valence-corrected chi connectivity index (χ0v) is 11.8. The van der Waals surface area contributed by atoms with E-state index in [0.29, 0.717) is 5.69 Å². The fourth-order valence-electron chi connectivity index (χ4n) is 1.48. The van der Waals surface area contributed by atoms with Crippen LogP contribution < -0.4 is 10.6 Å². The van der Waals surface area contributed by atoms with Gasteiger partial charge in [0.25, 0.3) is 0 Å². The fourth-order valence-corrected chi connectivity index (χ4v) is 1.71. The first-order valence-corrected chi connectivity index (χ1v) is 6.23. The number of rotatable bonds is 4. The lowest BCUT2D eigenvalue weighted by molar-refractivity contribution is -0.136. The molecule has 0 fully saturated rings. The maximum atomic E-state index is 11.5. The largest absolute Gasteiger partial charge is 0.481 e. The standard InChI is InChI=1S/C12H15BrN2O3/c1-7-5-9(6-8(2)11(7)13)15-12(18)14-4-3-10(16)17/h5-6H,3-4H2,1-2H3,(H,16,17)(H2,14,15,18). The number of nitrogens with one attached hydrogen (secondary N) is 2. The quantitative estimate of drug-likeness (QED) is 0.799. The Labute approximate surface area is 114 Å². The van der Waals surface area contributed by atoms with E-state index >= 15 is 0 Å². The summed E-state index contributed by atoms with van der Waals surface area (Å²) in [5.74, 6) is -0.939. The molecule has 1 aromatic rings. The van der Waals surface area contributed by atoms with Crippen molar-refractivity contribution < 1.29 is 14.7 Å². The van der Waals surface area contributed by atoms with Crippen molar-refractivity contribution in [2.24, 2.45) is 0 Å². The predicted octanol–water partition coefficient (Wildman–Crippen LogP) is 2.66. The number of aryl methyl sites for hydroxylation is 2. The molecule has 6 heteroatoms. The second kappa shape index (κ2) is 6.39. The van der Waals surface area contributed by atoms with Gasteiger partial charge in [0.15, 0.2) is 0 Å². The number of anilines is 1. The Hall–Kier alpha value is -1.56. The van der Waals surface area contributed by atoms with Gasteiger partial charge in [0.2, 0.25) is 0 Å². The van der Waals surface area contributed by atoms with E-state index in [9.17, 15) is 9.59 Å². The highest BCUT2D eigenvalue weighted by atomic mass is 79.9. The molecule has 0 radical (unpaired) electrons. The van der Waals surface area contributed by atoms with Crippen molar-refractivity contribution >= 4 is 33.6 Å². The lowest BCUT2D eigenvalue weighted by Crippen LogP contribution is -2.30. The molecule has 0 aliphatic carbocycles. The first-order valence-electron chi connectivity index (χ1n) is 5.43. The molecule has 0 atom stereocenters. The second-order valence-corrected chi connectivity index (χ2v) is 4.74. The van der Waals surface area contributed by atoms with Crippen LogP contribution >= 0.6 is 15.9 Å². The van der Waals surface area contributed by atoms with Crippen molar-refractivity contribution in [2.45, 2.75) is 20.3 Å². The third-order valence-corrected chi connectivity index (χ3v) is 3.57. The number of halogens is 1. The molecule has 0 aromatic heterocycles. The predicted molar refractivity (Wildman–Crippen MR) is 72.9 cm³/mol. The van der Waals surface area contributed by atoms with Gasteiger partial charge in [0.1, 0.15) is 0 Å². The summed E-state index contributed by atoms with van der Waals surface area (Å²) in [7, 11) is 0. The van der Waals surface area contributed by atoms with E-state index in [4.69, 9.17) is 5.11 Å². The lowest BCUT2D eigenvalue weighted by Gasteiger charge is -2.10. The smallest absolute Gasteiger partial charge is 0.319 e. The molecular weight excluding hydrogens is 300 g/mol. The first-order chi connectivity index (χ1) is 8.40. The van der Waals surface area contributed by atoms with Gasteiger partial charge >= 0.3 is 12.0 Å². The lowest BCUT2D eigenvalue weighted by atomic mass is 10.1. The summed E-state index contributed by atoms with van der Waals surface area (Å²) < 4.78 is 1.01. The van der Waals surface area contributed by atoms with E-state index in [0.717, 1.165) is 15.6 Å². The zero-order chi connectivity index (χ0) is 13.7. The maximum Gasteiger partial charge on any atom is 0.319 e. The molecule has 1 aromatic carbocycles. The minimum atomic E-state index is -0.939. The number of carbonyl (C=O) groups excluding carboxylic acids is 1. The third kappa shape index (κ3) is 4.37. The maximum absolute atomic E-state index is 11.5. The molecule has 0 heterocycles. The summed E-state index contributed by atoms with van der Waals surface area (Å²) in [6, 6.07) is 3.28. The monoisotopic (exact) mass is 314 g/mol. The van der Waals surface area contributed by atoms with Crippen molar-refractivity contribution in [1.29, 1.82) is 0 Å². The SMILES string of the molecule is Cc1cc(NC(=O)NCCC(=O)O)cc(C)c1Br. The molecule has 0 bridgehead atoms. The molecule has 98 valence electrons. The molecule has 5 nitrogen and oxygen atoms in total. The summed E-state index contributed by atoms with van der Waals surface area (Å²) in [5, 5.41) is 13.6. The number of carbonyl (C=O) groups is 2. The van der Waals surface area contributed by atoms with Crippen LogP contribution in [0, 0.1) is 13.8 Å². The molecule has 18 heavy (non-hydrogen) atoms. The number of aliphatic carboxylic acids is 1. The summed E-state index contributed by atoms with van der Waals surface area (Å²) in [6.07, 6.45) is -0.0915. The van der Waals surface area contributed by atoms with Crippen LogP contribution in [0.15, 0.2) is 16.6 Å². The molecule has 0 spiro atoms. The molecule has 0 saturated carbocycles. The van der Waals surface area contributed by atoms with Gasteiger partial charge in [-0.2, -0.15) is 0 Å². The molecule has 3 N–H and O–H groups in total.